The zero-order valence-electron chi connectivity index (χ0n) is 17.2. The molecule has 0 N–H and O–H groups in total. The highest BCUT2D eigenvalue weighted by atomic mass is 32.2. The summed E-state index contributed by atoms with van der Waals surface area (Å²) in [6.07, 6.45) is 9.96. The fourth-order valence-electron chi connectivity index (χ4n) is 3.94. The molecule has 4 heteroatoms. The van der Waals surface area contributed by atoms with Crippen LogP contribution in [0, 0.1) is 5.92 Å². The van der Waals surface area contributed by atoms with Crippen molar-refractivity contribution < 1.29 is 14.3 Å². The third-order valence-corrected chi connectivity index (χ3v) is 6.70. The zero-order chi connectivity index (χ0) is 19.8. The molecule has 0 bridgehead atoms. The van der Waals surface area contributed by atoms with Crippen molar-refractivity contribution in [2.24, 2.45) is 5.92 Å². The summed E-state index contributed by atoms with van der Waals surface area (Å²) >= 11 is 1.82. The van der Waals surface area contributed by atoms with Gasteiger partial charge in [-0.15, -0.1) is 11.8 Å². The molecule has 1 aliphatic rings. The fraction of sp³-hybridized carbons (Fsp3) is 0.542. The second-order valence-electron chi connectivity index (χ2n) is 7.66. The Morgan fingerprint density at radius 1 is 1.11 bits per heavy atom. The van der Waals surface area contributed by atoms with E-state index in [0.717, 1.165) is 21.4 Å². The van der Waals surface area contributed by atoms with Crippen molar-refractivity contribution in [3.8, 4) is 5.75 Å². The van der Waals surface area contributed by atoms with E-state index in [9.17, 15) is 4.79 Å². The molecule has 0 amide bonds. The van der Waals surface area contributed by atoms with Crippen LogP contribution in [0.1, 0.15) is 68.6 Å². The van der Waals surface area contributed by atoms with Gasteiger partial charge in [-0.05, 0) is 42.4 Å². The number of esters is 1. The highest BCUT2D eigenvalue weighted by Gasteiger charge is 2.21. The molecule has 28 heavy (non-hydrogen) atoms. The average Bonchev–Trinajstić information content (AvgIpc) is 2.75. The first-order valence-corrected chi connectivity index (χ1v) is 11.6. The SMILES string of the molecule is CCCCCSc1cc(C(=O)OC)c(OCC2CCCCC2)c2ccccc12. The number of rotatable bonds is 9. The summed E-state index contributed by atoms with van der Waals surface area (Å²) < 4.78 is 11.4. The maximum Gasteiger partial charge on any atom is 0.341 e. The van der Waals surface area contributed by atoms with Crippen LogP contribution in [-0.4, -0.2) is 25.4 Å². The molecule has 1 saturated carbocycles. The predicted octanol–water partition coefficient (Wildman–Crippen LogP) is 6.87. The third-order valence-electron chi connectivity index (χ3n) is 5.56. The number of carbonyl (C=O) groups excluding carboxylic acids is 1. The van der Waals surface area contributed by atoms with E-state index in [1.807, 2.05) is 23.9 Å². The second kappa shape index (κ2) is 10.8. The summed E-state index contributed by atoms with van der Waals surface area (Å²) in [5.41, 5.74) is 0.551. The van der Waals surface area contributed by atoms with Crippen molar-refractivity contribution in [2.45, 2.75) is 63.2 Å². The van der Waals surface area contributed by atoms with E-state index < -0.39 is 0 Å². The number of thioether (sulfide) groups is 1. The Hall–Kier alpha value is -1.68. The highest BCUT2D eigenvalue weighted by Crippen LogP contribution is 2.38. The van der Waals surface area contributed by atoms with E-state index in [2.05, 4.69) is 25.1 Å². The van der Waals surface area contributed by atoms with Crippen LogP contribution >= 0.6 is 11.8 Å². The zero-order valence-corrected chi connectivity index (χ0v) is 18.0. The summed E-state index contributed by atoms with van der Waals surface area (Å²) in [7, 11) is 1.44. The lowest BCUT2D eigenvalue weighted by molar-refractivity contribution is 0.0594. The number of methoxy groups -OCH3 is 1. The summed E-state index contributed by atoms with van der Waals surface area (Å²) in [5.74, 6) is 2.01. The first-order chi connectivity index (χ1) is 13.7. The van der Waals surface area contributed by atoms with Crippen LogP contribution in [0.3, 0.4) is 0 Å². The Bertz CT molecular complexity index is 781. The summed E-state index contributed by atoms with van der Waals surface area (Å²) in [5, 5.41) is 2.18. The van der Waals surface area contributed by atoms with Gasteiger partial charge in [0.25, 0.3) is 0 Å². The van der Waals surface area contributed by atoms with E-state index in [1.165, 1.54) is 58.5 Å². The van der Waals surface area contributed by atoms with Crippen LogP contribution in [0.25, 0.3) is 10.8 Å². The van der Waals surface area contributed by atoms with Crippen molar-refractivity contribution in [3.63, 3.8) is 0 Å². The van der Waals surface area contributed by atoms with Gasteiger partial charge in [0, 0.05) is 10.3 Å². The predicted molar refractivity (Wildman–Crippen MR) is 118 cm³/mol. The molecule has 0 unspecified atom stereocenters. The van der Waals surface area contributed by atoms with Gasteiger partial charge >= 0.3 is 5.97 Å². The minimum atomic E-state index is -0.320. The highest BCUT2D eigenvalue weighted by molar-refractivity contribution is 7.99. The van der Waals surface area contributed by atoms with Gasteiger partial charge in [0.05, 0.1) is 13.7 Å². The minimum absolute atomic E-state index is 0.320. The van der Waals surface area contributed by atoms with Crippen LogP contribution in [0.5, 0.6) is 5.75 Å². The van der Waals surface area contributed by atoms with Gasteiger partial charge in [-0.2, -0.15) is 0 Å². The minimum Gasteiger partial charge on any atom is -0.492 e. The molecule has 0 aliphatic heterocycles. The molecule has 2 aromatic rings. The smallest absolute Gasteiger partial charge is 0.341 e. The van der Waals surface area contributed by atoms with E-state index >= 15 is 0 Å². The van der Waals surface area contributed by atoms with Gasteiger partial charge in [0.2, 0.25) is 0 Å². The maximum atomic E-state index is 12.5. The van der Waals surface area contributed by atoms with Crippen LogP contribution in [0.4, 0.5) is 0 Å². The van der Waals surface area contributed by atoms with E-state index in [-0.39, 0.29) is 5.97 Å². The molecule has 1 aliphatic carbocycles. The summed E-state index contributed by atoms with van der Waals surface area (Å²) in [6.45, 7) is 2.89. The van der Waals surface area contributed by atoms with Crippen molar-refractivity contribution in [2.75, 3.05) is 19.5 Å². The van der Waals surface area contributed by atoms with E-state index in [0.29, 0.717) is 23.8 Å². The van der Waals surface area contributed by atoms with Crippen LogP contribution in [0.2, 0.25) is 0 Å². The van der Waals surface area contributed by atoms with Gasteiger partial charge in [0.1, 0.15) is 11.3 Å². The van der Waals surface area contributed by atoms with Gasteiger partial charge in [0.15, 0.2) is 0 Å². The van der Waals surface area contributed by atoms with Crippen molar-refractivity contribution in [1.29, 1.82) is 0 Å². The number of hydrogen-bond acceptors (Lipinski definition) is 4. The molecule has 0 spiro atoms. The molecule has 1 fully saturated rings. The van der Waals surface area contributed by atoms with Gasteiger partial charge in [-0.1, -0.05) is 63.3 Å². The monoisotopic (exact) mass is 400 g/mol. The summed E-state index contributed by atoms with van der Waals surface area (Å²) in [6, 6.07) is 10.2. The molecule has 3 rings (SSSR count). The molecule has 0 heterocycles. The van der Waals surface area contributed by atoms with Gasteiger partial charge in [-0.3, -0.25) is 0 Å². The maximum absolute atomic E-state index is 12.5. The molecular formula is C24H32O3S. The third kappa shape index (κ3) is 5.22. The Balaban J connectivity index is 1.92. The standard InChI is InChI=1S/C24H32O3S/c1-3-4-10-15-28-22-16-21(24(25)26-2)23(20-14-9-8-13-19(20)22)27-17-18-11-6-5-7-12-18/h8-9,13-14,16,18H,3-7,10-12,15,17H2,1-2H3. The van der Waals surface area contributed by atoms with E-state index in [4.69, 9.17) is 9.47 Å². The van der Waals surface area contributed by atoms with Crippen LogP contribution in [0.15, 0.2) is 35.2 Å². The second-order valence-corrected chi connectivity index (χ2v) is 8.80. The number of benzene rings is 2. The van der Waals surface area contributed by atoms with Gasteiger partial charge < -0.3 is 9.47 Å². The fourth-order valence-corrected chi connectivity index (χ4v) is 5.04. The van der Waals surface area contributed by atoms with Crippen LogP contribution in [-0.2, 0) is 4.74 Å². The Labute approximate surface area is 173 Å². The quantitative estimate of drug-likeness (QED) is 0.261. The Kier molecular flexibility index (Phi) is 8.08. The van der Waals surface area contributed by atoms with Crippen molar-refractivity contribution in [3.05, 3.63) is 35.9 Å². The molecule has 0 radical (unpaired) electrons. The lowest BCUT2D eigenvalue weighted by atomic mass is 9.90. The Morgan fingerprint density at radius 3 is 2.57 bits per heavy atom. The molecule has 0 aromatic heterocycles. The first kappa shape index (κ1) is 21.0. The average molecular weight is 401 g/mol. The molecule has 0 atom stereocenters. The van der Waals surface area contributed by atoms with Gasteiger partial charge in [-0.25, -0.2) is 4.79 Å². The normalized spacial score (nSPS) is 14.9. The number of ether oxygens (including phenoxy) is 2. The number of carbonyl (C=O) groups is 1. The first-order valence-electron chi connectivity index (χ1n) is 10.6. The molecule has 2 aromatic carbocycles. The largest absolute Gasteiger partial charge is 0.492 e. The Morgan fingerprint density at radius 2 is 1.86 bits per heavy atom. The molecular weight excluding hydrogens is 368 g/mol. The summed E-state index contributed by atoms with van der Waals surface area (Å²) in [4.78, 5) is 13.7. The topological polar surface area (TPSA) is 35.5 Å². The lowest BCUT2D eigenvalue weighted by Crippen LogP contribution is -2.17. The van der Waals surface area contributed by atoms with Crippen molar-refractivity contribution in [1.82, 2.24) is 0 Å². The van der Waals surface area contributed by atoms with Crippen LogP contribution < -0.4 is 4.74 Å². The molecule has 152 valence electrons. The molecule has 3 nitrogen and oxygen atoms in total. The number of fused-ring (bicyclic) bond motifs is 1. The van der Waals surface area contributed by atoms with E-state index in [1.54, 1.807) is 0 Å². The lowest BCUT2D eigenvalue weighted by Gasteiger charge is -2.23. The van der Waals surface area contributed by atoms with Crippen molar-refractivity contribution >= 4 is 28.5 Å². The molecule has 0 saturated heterocycles. The number of unbranched alkanes of at least 4 members (excludes halogenated alkanes) is 2. The number of hydrogen-bond donors (Lipinski definition) is 0.